The highest BCUT2D eigenvalue weighted by Gasteiger charge is 2.26. The number of aromatic hydroxyl groups is 1. The van der Waals surface area contributed by atoms with E-state index in [0.29, 0.717) is 27.5 Å². The number of hydrogen-bond donors (Lipinski definition) is 2. The van der Waals surface area contributed by atoms with E-state index in [1.807, 2.05) is 36.4 Å². The van der Waals surface area contributed by atoms with Gasteiger partial charge in [0, 0.05) is 28.0 Å². The van der Waals surface area contributed by atoms with Crippen LogP contribution in [0.15, 0.2) is 85.1 Å². The Morgan fingerprint density at radius 3 is 2.25 bits per heavy atom. The van der Waals surface area contributed by atoms with Gasteiger partial charge < -0.3 is 14.8 Å². The highest BCUT2D eigenvalue weighted by atomic mass is 35.5. The molecular formula is C23H16ClNO3. The number of phenolic OH excluding ortho intramolecular Hbond substituents is 1. The summed E-state index contributed by atoms with van der Waals surface area (Å²) in [7, 11) is 0. The molecule has 2 N–H and O–H groups in total. The number of benzene rings is 3. The van der Waals surface area contributed by atoms with Crippen LogP contribution in [0.5, 0.6) is 5.75 Å². The van der Waals surface area contributed by atoms with Crippen molar-refractivity contribution in [2.75, 3.05) is 0 Å². The number of hydrogen-bond acceptors (Lipinski definition) is 2. The van der Waals surface area contributed by atoms with Crippen LogP contribution in [0, 0.1) is 0 Å². The average Bonchev–Trinajstić information content (AvgIpc) is 3.10. The molecule has 0 saturated carbocycles. The number of nitrogens with zero attached hydrogens (tertiary/aromatic N) is 1. The molecule has 1 heterocycles. The quantitative estimate of drug-likeness (QED) is 0.459. The fourth-order valence-corrected chi connectivity index (χ4v) is 3.51. The van der Waals surface area contributed by atoms with E-state index < -0.39 is 5.97 Å². The van der Waals surface area contributed by atoms with Gasteiger partial charge in [-0.2, -0.15) is 0 Å². The molecule has 28 heavy (non-hydrogen) atoms. The van der Waals surface area contributed by atoms with E-state index in [0.717, 1.165) is 5.56 Å². The van der Waals surface area contributed by atoms with Gasteiger partial charge in [-0.15, -0.1) is 0 Å². The second-order valence-electron chi connectivity index (χ2n) is 6.30. The minimum absolute atomic E-state index is 0.00555. The number of aromatic carboxylic acids is 1. The monoisotopic (exact) mass is 389 g/mol. The van der Waals surface area contributed by atoms with Gasteiger partial charge in [-0.3, -0.25) is 0 Å². The molecule has 0 bridgehead atoms. The average molecular weight is 390 g/mol. The van der Waals surface area contributed by atoms with E-state index >= 15 is 0 Å². The Morgan fingerprint density at radius 1 is 0.857 bits per heavy atom. The lowest BCUT2D eigenvalue weighted by molar-refractivity contribution is 0.0698. The molecule has 0 spiro atoms. The molecule has 3 aromatic carbocycles. The molecular weight excluding hydrogens is 374 g/mol. The van der Waals surface area contributed by atoms with Crippen LogP contribution in [0.2, 0.25) is 5.02 Å². The third-order valence-electron chi connectivity index (χ3n) is 4.55. The summed E-state index contributed by atoms with van der Waals surface area (Å²) < 4.78 is 1.76. The lowest BCUT2D eigenvalue weighted by Gasteiger charge is -2.12. The molecule has 1 aromatic heterocycles. The smallest absolute Gasteiger partial charge is 0.338 e. The molecule has 0 aliphatic heterocycles. The SMILES string of the molecule is O=C(O)c1c(-c2ccccc2)cn(-c2cccc(Cl)c2)c1-c1ccccc1O. The van der Waals surface area contributed by atoms with Gasteiger partial charge >= 0.3 is 5.97 Å². The summed E-state index contributed by atoms with van der Waals surface area (Å²) in [6, 6.07) is 23.2. The van der Waals surface area contributed by atoms with Crippen LogP contribution in [0.3, 0.4) is 0 Å². The minimum atomic E-state index is -1.07. The molecule has 138 valence electrons. The predicted octanol–water partition coefficient (Wildman–Crippen LogP) is 5.87. The summed E-state index contributed by atoms with van der Waals surface area (Å²) in [5.74, 6) is -1.07. The summed E-state index contributed by atoms with van der Waals surface area (Å²) in [6.07, 6.45) is 1.77. The van der Waals surface area contributed by atoms with Crippen molar-refractivity contribution < 1.29 is 15.0 Å². The van der Waals surface area contributed by atoms with Gasteiger partial charge in [0.25, 0.3) is 0 Å². The van der Waals surface area contributed by atoms with Gasteiger partial charge in [-0.25, -0.2) is 4.79 Å². The minimum Gasteiger partial charge on any atom is -0.507 e. The lowest BCUT2D eigenvalue weighted by Crippen LogP contribution is -2.03. The fraction of sp³-hybridized carbons (Fsp3) is 0. The molecule has 0 amide bonds. The summed E-state index contributed by atoms with van der Waals surface area (Å²) in [5.41, 5.74) is 2.99. The van der Waals surface area contributed by atoms with E-state index in [2.05, 4.69) is 0 Å². The topological polar surface area (TPSA) is 62.5 Å². The highest BCUT2D eigenvalue weighted by molar-refractivity contribution is 6.30. The molecule has 0 fully saturated rings. The molecule has 4 rings (SSSR count). The van der Waals surface area contributed by atoms with Crippen LogP contribution in [0.25, 0.3) is 28.1 Å². The molecule has 0 saturated heterocycles. The van der Waals surface area contributed by atoms with Crippen molar-refractivity contribution in [2.45, 2.75) is 0 Å². The number of phenols is 1. The van der Waals surface area contributed by atoms with Crippen LogP contribution in [-0.4, -0.2) is 20.7 Å². The summed E-state index contributed by atoms with van der Waals surface area (Å²) >= 11 is 6.17. The number of aromatic nitrogens is 1. The van der Waals surface area contributed by atoms with Crippen molar-refractivity contribution in [1.82, 2.24) is 4.57 Å². The zero-order valence-electron chi connectivity index (χ0n) is 14.7. The first kappa shape index (κ1) is 17.9. The van der Waals surface area contributed by atoms with Gasteiger partial charge in [-0.1, -0.05) is 60.1 Å². The second kappa shape index (κ2) is 7.25. The van der Waals surface area contributed by atoms with Crippen molar-refractivity contribution in [2.24, 2.45) is 0 Å². The van der Waals surface area contributed by atoms with E-state index in [1.165, 1.54) is 0 Å². The molecule has 0 unspecified atom stereocenters. The number of halogens is 1. The van der Waals surface area contributed by atoms with E-state index in [1.54, 1.807) is 53.2 Å². The Kier molecular flexibility index (Phi) is 4.63. The lowest BCUT2D eigenvalue weighted by atomic mass is 9.99. The zero-order valence-corrected chi connectivity index (χ0v) is 15.5. The van der Waals surface area contributed by atoms with Gasteiger partial charge in [0.1, 0.15) is 5.75 Å². The van der Waals surface area contributed by atoms with E-state index in [9.17, 15) is 15.0 Å². The summed E-state index contributed by atoms with van der Waals surface area (Å²) in [5, 5.41) is 21.0. The fourth-order valence-electron chi connectivity index (χ4n) is 3.33. The van der Waals surface area contributed by atoms with E-state index in [-0.39, 0.29) is 11.3 Å². The van der Waals surface area contributed by atoms with Crippen molar-refractivity contribution in [1.29, 1.82) is 0 Å². The standard InChI is InChI=1S/C23H16ClNO3/c24-16-9-6-10-17(13-16)25-14-19(15-7-2-1-3-8-15)21(23(27)28)22(25)18-11-4-5-12-20(18)26/h1-14,26H,(H,27,28). The maximum atomic E-state index is 12.3. The van der Waals surface area contributed by atoms with E-state index in [4.69, 9.17) is 11.6 Å². The number of carboxylic acid groups (broad SMARTS) is 1. The number of carboxylic acids is 1. The van der Waals surface area contributed by atoms with Crippen molar-refractivity contribution in [3.05, 3.63) is 95.6 Å². The Balaban J connectivity index is 2.11. The van der Waals surface area contributed by atoms with Gasteiger partial charge in [0.15, 0.2) is 0 Å². The van der Waals surface area contributed by atoms with Crippen molar-refractivity contribution in [3.63, 3.8) is 0 Å². The zero-order chi connectivity index (χ0) is 19.7. The Bertz CT molecular complexity index is 1170. The Labute approximate surface area is 166 Å². The van der Waals surface area contributed by atoms with Crippen LogP contribution in [-0.2, 0) is 0 Å². The maximum Gasteiger partial charge on any atom is 0.338 e. The Morgan fingerprint density at radius 2 is 1.57 bits per heavy atom. The highest BCUT2D eigenvalue weighted by Crippen LogP contribution is 2.40. The first-order valence-electron chi connectivity index (χ1n) is 8.64. The number of carbonyl (C=O) groups is 1. The molecule has 4 aromatic rings. The van der Waals surface area contributed by atoms with Gasteiger partial charge in [-0.05, 0) is 35.9 Å². The van der Waals surface area contributed by atoms with Crippen molar-refractivity contribution >= 4 is 17.6 Å². The molecule has 0 atom stereocenters. The predicted molar refractivity (Wildman–Crippen MR) is 110 cm³/mol. The molecule has 4 nitrogen and oxygen atoms in total. The number of para-hydroxylation sites is 1. The maximum absolute atomic E-state index is 12.3. The van der Waals surface area contributed by atoms with Gasteiger partial charge in [0.2, 0.25) is 0 Å². The van der Waals surface area contributed by atoms with Crippen LogP contribution in [0.4, 0.5) is 0 Å². The third-order valence-corrected chi connectivity index (χ3v) is 4.78. The molecule has 0 radical (unpaired) electrons. The third kappa shape index (κ3) is 3.15. The second-order valence-corrected chi connectivity index (χ2v) is 6.74. The summed E-state index contributed by atoms with van der Waals surface area (Å²) in [6.45, 7) is 0. The number of rotatable bonds is 4. The van der Waals surface area contributed by atoms with Crippen molar-refractivity contribution in [3.8, 4) is 33.8 Å². The molecule has 5 heteroatoms. The molecule has 0 aliphatic rings. The Hall–Kier alpha value is -3.50. The first-order chi connectivity index (χ1) is 13.6. The normalized spacial score (nSPS) is 10.8. The first-order valence-corrected chi connectivity index (χ1v) is 9.02. The largest absolute Gasteiger partial charge is 0.507 e. The van der Waals surface area contributed by atoms with Crippen LogP contribution < -0.4 is 0 Å². The van der Waals surface area contributed by atoms with Crippen LogP contribution in [0.1, 0.15) is 10.4 Å². The van der Waals surface area contributed by atoms with Gasteiger partial charge in [0.05, 0.1) is 11.3 Å². The van der Waals surface area contributed by atoms with Crippen LogP contribution >= 0.6 is 11.6 Å². The molecule has 0 aliphatic carbocycles. The summed E-state index contributed by atoms with van der Waals surface area (Å²) in [4.78, 5) is 12.3.